The number of carbonyl (C=O) groups excluding carboxylic acids is 1. The van der Waals surface area contributed by atoms with E-state index in [9.17, 15) is 9.18 Å². The number of hydrogen-bond acceptors (Lipinski definition) is 2. The van der Waals surface area contributed by atoms with Crippen molar-refractivity contribution >= 4 is 5.91 Å². The standard InChI is InChI=1S/C15H21FN2O/c1-2-3-11-4-7-13(8-5-11)18-15(19)12-6-9-14(16)17-10-12/h6,9-11,13H,2-5,7-8H2,1H3,(H,18,19). The number of hydrogen-bond donors (Lipinski definition) is 1. The molecule has 0 bridgehead atoms. The Balaban J connectivity index is 1.82. The summed E-state index contributed by atoms with van der Waals surface area (Å²) in [6, 6.07) is 2.94. The van der Waals surface area contributed by atoms with Gasteiger partial charge in [-0.25, -0.2) is 4.98 Å². The van der Waals surface area contributed by atoms with Crippen molar-refractivity contribution in [2.75, 3.05) is 0 Å². The van der Waals surface area contributed by atoms with E-state index in [0.717, 1.165) is 18.8 Å². The Hall–Kier alpha value is -1.45. The third-order valence-electron chi connectivity index (χ3n) is 3.87. The van der Waals surface area contributed by atoms with E-state index in [1.807, 2.05) is 0 Å². The van der Waals surface area contributed by atoms with Crippen molar-refractivity contribution in [2.45, 2.75) is 51.5 Å². The lowest BCUT2D eigenvalue weighted by Crippen LogP contribution is -2.37. The highest BCUT2D eigenvalue weighted by Crippen LogP contribution is 2.27. The molecule has 1 aliphatic carbocycles. The summed E-state index contributed by atoms with van der Waals surface area (Å²) in [7, 11) is 0. The Morgan fingerprint density at radius 1 is 1.37 bits per heavy atom. The summed E-state index contributed by atoms with van der Waals surface area (Å²) in [5.41, 5.74) is 0.428. The van der Waals surface area contributed by atoms with Gasteiger partial charge in [0.05, 0.1) is 5.56 Å². The first-order valence-electron chi connectivity index (χ1n) is 7.11. The molecule has 0 aromatic carbocycles. The molecule has 0 radical (unpaired) electrons. The molecule has 0 spiro atoms. The maximum atomic E-state index is 12.7. The van der Waals surface area contributed by atoms with Crippen LogP contribution in [0.15, 0.2) is 18.3 Å². The summed E-state index contributed by atoms with van der Waals surface area (Å²) < 4.78 is 12.7. The van der Waals surface area contributed by atoms with Crippen molar-refractivity contribution in [1.29, 1.82) is 0 Å². The van der Waals surface area contributed by atoms with Crippen LogP contribution in [-0.4, -0.2) is 16.9 Å². The van der Waals surface area contributed by atoms with Crippen molar-refractivity contribution in [3.8, 4) is 0 Å². The van der Waals surface area contributed by atoms with Gasteiger partial charge in [-0.05, 0) is 43.7 Å². The number of carbonyl (C=O) groups is 1. The van der Waals surface area contributed by atoms with Gasteiger partial charge in [0, 0.05) is 12.2 Å². The molecule has 3 nitrogen and oxygen atoms in total. The van der Waals surface area contributed by atoms with Crippen molar-refractivity contribution in [3.63, 3.8) is 0 Å². The van der Waals surface area contributed by atoms with Gasteiger partial charge in [-0.2, -0.15) is 4.39 Å². The van der Waals surface area contributed by atoms with Crippen molar-refractivity contribution < 1.29 is 9.18 Å². The number of amides is 1. The summed E-state index contributed by atoms with van der Waals surface area (Å²) in [6.07, 6.45) is 8.30. The second-order valence-corrected chi connectivity index (χ2v) is 5.35. The maximum Gasteiger partial charge on any atom is 0.253 e. The Morgan fingerprint density at radius 2 is 2.11 bits per heavy atom. The normalized spacial score (nSPS) is 23.1. The van der Waals surface area contributed by atoms with Crippen LogP contribution in [0, 0.1) is 11.9 Å². The average molecular weight is 264 g/mol. The van der Waals surface area contributed by atoms with Gasteiger partial charge in [0.15, 0.2) is 0 Å². The van der Waals surface area contributed by atoms with Crippen LogP contribution in [0.4, 0.5) is 4.39 Å². The average Bonchev–Trinajstić information content (AvgIpc) is 2.42. The van der Waals surface area contributed by atoms with Crippen molar-refractivity contribution in [1.82, 2.24) is 10.3 Å². The number of pyridine rings is 1. The van der Waals surface area contributed by atoms with E-state index < -0.39 is 5.95 Å². The van der Waals surface area contributed by atoms with E-state index in [-0.39, 0.29) is 11.9 Å². The zero-order valence-corrected chi connectivity index (χ0v) is 11.4. The van der Waals surface area contributed by atoms with Crippen LogP contribution in [-0.2, 0) is 0 Å². The summed E-state index contributed by atoms with van der Waals surface area (Å²) in [5, 5.41) is 3.02. The fraction of sp³-hybridized carbons (Fsp3) is 0.600. The predicted molar refractivity (Wildman–Crippen MR) is 72.3 cm³/mol. The SMILES string of the molecule is CCCC1CCC(NC(=O)c2ccc(F)nc2)CC1. The van der Waals surface area contributed by atoms with E-state index in [0.29, 0.717) is 5.56 Å². The van der Waals surface area contributed by atoms with Crippen LogP contribution in [0.25, 0.3) is 0 Å². The number of aromatic nitrogens is 1. The maximum absolute atomic E-state index is 12.7. The van der Waals surface area contributed by atoms with E-state index in [1.165, 1.54) is 44.0 Å². The largest absolute Gasteiger partial charge is 0.349 e. The third-order valence-corrected chi connectivity index (χ3v) is 3.87. The molecule has 0 aliphatic heterocycles. The lowest BCUT2D eigenvalue weighted by atomic mass is 9.83. The molecule has 1 aromatic heterocycles. The number of rotatable bonds is 4. The molecule has 1 aromatic rings. The molecule has 1 N–H and O–H groups in total. The molecule has 0 unspecified atom stereocenters. The van der Waals surface area contributed by atoms with Gasteiger partial charge in [-0.15, -0.1) is 0 Å². The predicted octanol–water partition coefficient (Wildman–Crippen LogP) is 3.31. The van der Waals surface area contributed by atoms with E-state index in [1.54, 1.807) is 0 Å². The van der Waals surface area contributed by atoms with Crippen LogP contribution in [0.2, 0.25) is 0 Å². The number of nitrogens with one attached hydrogen (secondary N) is 1. The van der Waals surface area contributed by atoms with Gasteiger partial charge in [0.1, 0.15) is 0 Å². The van der Waals surface area contributed by atoms with Gasteiger partial charge in [-0.1, -0.05) is 19.8 Å². The monoisotopic (exact) mass is 264 g/mol. The highest BCUT2D eigenvalue weighted by molar-refractivity contribution is 5.94. The van der Waals surface area contributed by atoms with Gasteiger partial charge >= 0.3 is 0 Å². The fourth-order valence-electron chi connectivity index (χ4n) is 2.78. The van der Waals surface area contributed by atoms with Gasteiger partial charge in [0.25, 0.3) is 5.91 Å². The van der Waals surface area contributed by atoms with Crippen molar-refractivity contribution in [2.24, 2.45) is 5.92 Å². The van der Waals surface area contributed by atoms with Crippen LogP contribution < -0.4 is 5.32 Å². The second-order valence-electron chi connectivity index (χ2n) is 5.35. The summed E-state index contributed by atoms with van der Waals surface area (Å²) >= 11 is 0. The molecular weight excluding hydrogens is 243 g/mol. The molecular formula is C15H21FN2O. The zero-order valence-electron chi connectivity index (χ0n) is 11.4. The van der Waals surface area contributed by atoms with Crippen LogP contribution in [0.1, 0.15) is 55.8 Å². The molecule has 1 amide bonds. The first kappa shape index (κ1) is 14.0. The summed E-state index contributed by atoms with van der Waals surface area (Å²) in [4.78, 5) is 15.5. The topological polar surface area (TPSA) is 42.0 Å². The molecule has 104 valence electrons. The number of nitrogens with zero attached hydrogens (tertiary/aromatic N) is 1. The molecule has 1 heterocycles. The molecule has 0 saturated heterocycles. The molecule has 1 fully saturated rings. The van der Waals surface area contributed by atoms with E-state index >= 15 is 0 Å². The quantitative estimate of drug-likeness (QED) is 0.848. The lowest BCUT2D eigenvalue weighted by Gasteiger charge is -2.28. The molecule has 2 rings (SSSR count). The molecule has 4 heteroatoms. The minimum Gasteiger partial charge on any atom is -0.349 e. The second kappa shape index (κ2) is 6.64. The van der Waals surface area contributed by atoms with Crippen LogP contribution >= 0.6 is 0 Å². The van der Waals surface area contributed by atoms with Gasteiger partial charge in [0.2, 0.25) is 5.95 Å². The Morgan fingerprint density at radius 3 is 2.68 bits per heavy atom. The molecule has 0 atom stereocenters. The van der Waals surface area contributed by atoms with E-state index in [4.69, 9.17) is 0 Å². The number of halogens is 1. The summed E-state index contributed by atoms with van der Waals surface area (Å²) in [6.45, 7) is 2.22. The minimum atomic E-state index is -0.559. The highest BCUT2D eigenvalue weighted by Gasteiger charge is 2.22. The smallest absolute Gasteiger partial charge is 0.253 e. The fourth-order valence-corrected chi connectivity index (χ4v) is 2.78. The lowest BCUT2D eigenvalue weighted by molar-refractivity contribution is 0.0920. The Labute approximate surface area is 113 Å². The van der Waals surface area contributed by atoms with E-state index in [2.05, 4.69) is 17.2 Å². The first-order chi connectivity index (χ1) is 9.19. The zero-order chi connectivity index (χ0) is 13.7. The molecule has 1 saturated carbocycles. The Bertz CT molecular complexity index is 411. The van der Waals surface area contributed by atoms with Crippen molar-refractivity contribution in [3.05, 3.63) is 29.8 Å². The highest BCUT2D eigenvalue weighted by atomic mass is 19.1. The Kier molecular flexibility index (Phi) is 4.88. The van der Waals surface area contributed by atoms with Gasteiger partial charge < -0.3 is 5.32 Å². The first-order valence-corrected chi connectivity index (χ1v) is 7.11. The third kappa shape index (κ3) is 4.01. The molecule has 1 aliphatic rings. The van der Waals surface area contributed by atoms with Gasteiger partial charge in [-0.3, -0.25) is 4.79 Å². The minimum absolute atomic E-state index is 0.147. The van der Waals surface area contributed by atoms with Crippen LogP contribution in [0.3, 0.4) is 0 Å². The van der Waals surface area contributed by atoms with Crippen LogP contribution in [0.5, 0.6) is 0 Å². The summed E-state index contributed by atoms with van der Waals surface area (Å²) in [5.74, 6) is 0.119. The molecule has 19 heavy (non-hydrogen) atoms.